The van der Waals surface area contributed by atoms with Gasteiger partial charge in [-0.1, -0.05) is 24.3 Å². The minimum atomic E-state index is -0.489. The van der Waals surface area contributed by atoms with Crippen molar-refractivity contribution in [2.24, 2.45) is 0 Å². The molecule has 0 radical (unpaired) electrons. The van der Waals surface area contributed by atoms with Crippen molar-refractivity contribution < 1.29 is 8.78 Å². The highest BCUT2D eigenvalue weighted by Gasteiger charge is 2.22. The fraction of sp³-hybridized carbons (Fsp3) is 0.308. The van der Waals surface area contributed by atoms with E-state index in [2.05, 4.69) is 30.6 Å². The minimum Gasteiger partial charge on any atom is -0.341 e. The molecular weight excluding hydrogens is 434 g/mol. The molecule has 4 N–H and O–H groups in total. The quantitative estimate of drug-likeness (QED) is 0.327. The highest BCUT2D eigenvalue weighted by Crippen LogP contribution is 2.32. The summed E-state index contributed by atoms with van der Waals surface area (Å²) >= 11 is 0. The second-order valence-corrected chi connectivity index (χ2v) is 9.05. The topological polar surface area (TPSA) is 81.4 Å². The van der Waals surface area contributed by atoms with E-state index < -0.39 is 11.6 Å². The molecule has 0 bridgehead atoms. The van der Waals surface area contributed by atoms with Gasteiger partial charge in [0, 0.05) is 11.1 Å². The molecule has 8 heteroatoms. The molecule has 6 nitrogen and oxygen atoms in total. The van der Waals surface area contributed by atoms with E-state index in [9.17, 15) is 0 Å². The molecule has 2 atom stereocenters. The maximum absolute atomic E-state index is 15.1. The van der Waals surface area contributed by atoms with E-state index >= 15 is 8.78 Å². The van der Waals surface area contributed by atoms with Crippen LogP contribution in [0, 0.1) is 11.6 Å². The van der Waals surface area contributed by atoms with Gasteiger partial charge in [-0.25, -0.2) is 18.7 Å². The summed E-state index contributed by atoms with van der Waals surface area (Å²) in [5, 5.41) is 6.79. The summed E-state index contributed by atoms with van der Waals surface area (Å²) in [5.41, 5.74) is 3.36. The van der Waals surface area contributed by atoms with Gasteiger partial charge in [-0.15, -0.1) is 0 Å². The van der Waals surface area contributed by atoms with Crippen LogP contribution in [0.15, 0.2) is 48.8 Å². The molecular formula is C26H26F2N6. The summed E-state index contributed by atoms with van der Waals surface area (Å²) in [5.74, 6) is 0.733. The van der Waals surface area contributed by atoms with Gasteiger partial charge in [0.1, 0.15) is 23.3 Å². The van der Waals surface area contributed by atoms with Gasteiger partial charge < -0.3 is 20.6 Å². The number of aromatic amines is 2. The van der Waals surface area contributed by atoms with Gasteiger partial charge >= 0.3 is 0 Å². The van der Waals surface area contributed by atoms with E-state index in [1.807, 2.05) is 18.3 Å². The Bertz CT molecular complexity index is 1300. The fourth-order valence-corrected chi connectivity index (χ4v) is 4.95. The van der Waals surface area contributed by atoms with Crippen LogP contribution in [0.2, 0.25) is 0 Å². The van der Waals surface area contributed by atoms with Gasteiger partial charge in [-0.2, -0.15) is 0 Å². The molecule has 0 amide bonds. The third-order valence-electron chi connectivity index (χ3n) is 6.83. The number of imidazole rings is 2. The van der Waals surface area contributed by atoms with Crippen molar-refractivity contribution in [3.05, 3.63) is 72.1 Å². The lowest BCUT2D eigenvalue weighted by Gasteiger charge is -2.09. The zero-order chi connectivity index (χ0) is 23.1. The normalized spacial score (nSPS) is 20.3. The SMILES string of the molecule is Fc1cc(-c2cnc([C@@H]3CCCN3)[nH]2)c(F)cc1-c1ccc(-c2cnc([C@@H]3CCCN3)[nH]2)cc1. The predicted molar refractivity (Wildman–Crippen MR) is 127 cm³/mol. The molecule has 34 heavy (non-hydrogen) atoms. The highest BCUT2D eigenvalue weighted by atomic mass is 19.1. The largest absolute Gasteiger partial charge is 0.341 e. The molecule has 2 saturated heterocycles. The van der Waals surface area contributed by atoms with Gasteiger partial charge in [0.25, 0.3) is 0 Å². The average molecular weight is 461 g/mol. The Morgan fingerprint density at radius 3 is 1.82 bits per heavy atom. The molecule has 4 heterocycles. The lowest BCUT2D eigenvalue weighted by atomic mass is 10.00. The van der Waals surface area contributed by atoms with Crippen molar-refractivity contribution in [1.29, 1.82) is 0 Å². The molecule has 2 aromatic heterocycles. The Hall–Kier alpha value is -3.36. The van der Waals surface area contributed by atoms with Crippen molar-refractivity contribution in [1.82, 2.24) is 30.6 Å². The third-order valence-corrected chi connectivity index (χ3v) is 6.83. The molecule has 2 aromatic carbocycles. The molecule has 2 aliphatic heterocycles. The molecule has 6 rings (SSSR count). The second kappa shape index (κ2) is 8.77. The van der Waals surface area contributed by atoms with Crippen LogP contribution in [0.25, 0.3) is 33.6 Å². The van der Waals surface area contributed by atoms with Crippen molar-refractivity contribution >= 4 is 0 Å². The first-order valence-electron chi connectivity index (χ1n) is 11.8. The molecule has 0 spiro atoms. The number of halogens is 2. The number of aromatic nitrogens is 4. The Morgan fingerprint density at radius 2 is 1.21 bits per heavy atom. The highest BCUT2D eigenvalue weighted by molar-refractivity contribution is 5.72. The number of hydrogen-bond acceptors (Lipinski definition) is 4. The number of nitrogens with one attached hydrogen (secondary N) is 4. The van der Waals surface area contributed by atoms with Gasteiger partial charge in [-0.3, -0.25) is 0 Å². The number of rotatable bonds is 5. The van der Waals surface area contributed by atoms with Gasteiger partial charge in [-0.05, 0) is 62.0 Å². The number of H-pyrrole nitrogens is 2. The Labute approximate surface area is 196 Å². The average Bonchev–Trinajstić information content (AvgIpc) is 3.66. The van der Waals surface area contributed by atoms with Crippen LogP contribution in [-0.4, -0.2) is 33.0 Å². The van der Waals surface area contributed by atoms with E-state index in [1.165, 1.54) is 12.1 Å². The standard InChI is InChI=1S/C26H26F2N6/c27-19-12-18(24-14-32-26(34-24)22-4-2-10-30-22)20(28)11-17(19)15-5-7-16(8-6-15)23-13-31-25(33-23)21-3-1-9-29-21/h5-8,11-14,21-22,29-30H,1-4,9-10H2,(H,31,33)(H,32,34)/t21-,22-/m0/s1. The van der Waals surface area contributed by atoms with E-state index in [0.29, 0.717) is 11.3 Å². The summed E-state index contributed by atoms with van der Waals surface area (Å²) in [6.45, 7) is 1.95. The molecule has 4 aromatic rings. The van der Waals surface area contributed by atoms with Crippen LogP contribution in [-0.2, 0) is 0 Å². The zero-order valence-corrected chi connectivity index (χ0v) is 18.7. The van der Waals surface area contributed by atoms with Crippen molar-refractivity contribution in [2.75, 3.05) is 13.1 Å². The van der Waals surface area contributed by atoms with E-state index in [0.717, 1.165) is 61.7 Å². The fourth-order valence-electron chi connectivity index (χ4n) is 4.95. The second-order valence-electron chi connectivity index (χ2n) is 9.05. The number of nitrogens with zero attached hydrogens (tertiary/aromatic N) is 2. The van der Waals surface area contributed by atoms with E-state index in [1.54, 1.807) is 18.3 Å². The van der Waals surface area contributed by atoms with Crippen LogP contribution < -0.4 is 10.6 Å². The summed E-state index contributed by atoms with van der Waals surface area (Å²) in [7, 11) is 0. The minimum absolute atomic E-state index is 0.139. The lowest BCUT2D eigenvalue weighted by molar-refractivity contribution is 0.604. The molecule has 2 aliphatic rings. The van der Waals surface area contributed by atoms with Crippen LogP contribution in [0.1, 0.15) is 49.4 Å². The van der Waals surface area contributed by atoms with Crippen LogP contribution >= 0.6 is 0 Å². The number of benzene rings is 2. The van der Waals surface area contributed by atoms with Crippen LogP contribution in [0.3, 0.4) is 0 Å². The monoisotopic (exact) mass is 460 g/mol. The molecule has 0 saturated carbocycles. The number of hydrogen-bond donors (Lipinski definition) is 4. The Kier molecular flexibility index (Phi) is 5.47. The van der Waals surface area contributed by atoms with E-state index in [4.69, 9.17) is 0 Å². The lowest BCUT2D eigenvalue weighted by Crippen LogP contribution is -2.14. The van der Waals surface area contributed by atoms with Gasteiger partial charge in [0.15, 0.2) is 0 Å². The molecule has 0 unspecified atom stereocenters. The predicted octanol–water partition coefficient (Wildman–Crippen LogP) is 5.26. The summed E-state index contributed by atoms with van der Waals surface area (Å²) in [6.07, 6.45) is 7.67. The Morgan fingerprint density at radius 1 is 0.676 bits per heavy atom. The maximum Gasteiger partial charge on any atom is 0.133 e. The maximum atomic E-state index is 15.1. The van der Waals surface area contributed by atoms with Crippen LogP contribution in [0.4, 0.5) is 8.78 Å². The van der Waals surface area contributed by atoms with Crippen molar-refractivity contribution in [3.8, 4) is 33.6 Å². The van der Waals surface area contributed by atoms with E-state index in [-0.39, 0.29) is 23.2 Å². The molecule has 174 valence electrons. The summed E-state index contributed by atoms with van der Waals surface area (Å²) in [6, 6.07) is 10.3. The smallest absolute Gasteiger partial charge is 0.133 e. The first-order valence-corrected chi connectivity index (χ1v) is 11.8. The first kappa shape index (κ1) is 21.2. The Balaban J connectivity index is 1.24. The van der Waals surface area contributed by atoms with Gasteiger partial charge in [0.2, 0.25) is 0 Å². The van der Waals surface area contributed by atoms with Crippen LogP contribution in [0.5, 0.6) is 0 Å². The third kappa shape index (κ3) is 3.93. The summed E-state index contributed by atoms with van der Waals surface area (Å²) in [4.78, 5) is 15.4. The molecule has 0 aliphatic carbocycles. The van der Waals surface area contributed by atoms with Crippen molar-refractivity contribution in [3.63, 3.8) is 0 Å². The van der Waals surface area contributed by atoms with Gasteiger partial charge in [0.05, 0.1) is 35.9 Å². The first-order chi connectivity index (χ1) is 16.7. The van der Waals surface area contributed by atoms with Crippen molar-refractivity contribution in [2.45, 2.75) is 37.8 Å². The zero-order valence-electron chi connectivity index (χ0n) is 18.7. The summed E-state index contributed by atoms with van der Waals surface area (Å²) < 4.78 is 30.1. The molecule has 2 fully saturated rings.